The maximum atomic E-state index is 5.38. The molecular formula is C21H15N5O. The number of hydrogen-bond acceptors (Lipinski definition) is 4. The van der Waals surface area contributed by atoms with Crippen molar-refractivity contribution in [1.82, 2.24) is 24.5 Å². The monoisotopic (exact) mass is 353 g/mol. The summed E-state index contributed by atoms with van der Waals surface area (Å²) in [7, 11) is 1.65. The first-order chi connectivity index (χ1) is 13.3. The van der Waals surface area contributed by atoms with Crippen LogP contribution in [-0.2, 0) is 6.42 Å². The van der Waals surface area contributed by atoms with Gasteiger partial charge in [0.2, 0.25) is 0 Å². The second-order valence-corrected chi connectivity index (χ2v) is 6.19. The van der Waals surface area contributed by atoms with Crippen LogP contribution in [0.25, 0.3) is 11.4 Å². The Labute approximate surface area is 156 Å². The average Bonchev–Trinajstić information content (AvgIpc) is 3.32. The minimum atomic E-state index is 0.642. The maximum Gasteiger partial charge on any atom is 0.135 e. The molecule has 0 fully saturated rings. The Kier molecular flexibility index (Phi) is 3.51. The molecular weight excluding hydrogens is 338 g/mol. The fourth-order valence-corrected chi connectivity index (χ4v) is 3.26. The van der Waals surface area contributed by atoms with E-state index in [0.717, 1.165) is 39.8 Å². The van der Waals surface area contributed by atoms with Gasteiger partial charge in [0.15, 0.2) is 0 Å². The van der Waals surface area contributed by atoms with Gasteiger partial charge in [-0.15, -0.1) is 5.10 Å². The lowest BCUT2D eigenvalue weighted by atomic mass is 10.2. The van der Waals surface area contributed by atoms with E-state index < -0.39 is 0 Å². The summed E-state index contributed by atoms with van der Waals surface area (Å²) in [6.45, 7) is 0. The third-order valence-corrected chi connectivity index (χ3v) is 4.60. The van der Waals surface area contributed by atoms with Crippen LogP contribution in [0, 0.1) is 11.8 Å². The third kappa shape index (κ3) is 2.57. The maximum absolute atomic E-state index is 5.38. The van der Waals surface area contributed by atoms with E-state index in [4.69, 9.17) is 4.74 Å². The minimum Gasteiger partial charge on any atom is -0.497 e. The second-order valence-electron chi connectivity index (χ2n) is 6.19. The molecule has 6 heteroatoms. The molecule has 0 amide bonds. The molecule has 0 spiro atoms. The Hall–Kier alpha value is -3.85. The molecule has 1 aliphatic heterocycles. The van der Waals surface area contributed by atoms with Crippen molar-refractivity contribution in [2.24, 2.45) is 0 Å². The van der Waals surface area contributed by atoms with E-state index in [2.05, 4.69) is 31.7 Å². The van der Waals surface area contributed by atoms with Crippen LogP contribution in [0.1, 0.15) is 22.6 Å². The van der Waals surface area contributed by atoms with Gasteiger partial charge in [0.05, 0.1) is 36.1 Å². The smallest absolute Gasteiger partial charge is 0.135 e. The predicted octanol–water partition coefficient (Wildman–Crippen LogP) is 2.77. The number of ether oxygens (including phenoxy) is 1. The molecule has 0 unspecified atom stereocenters. The topological polar surface area (TPSA) is 57.8 Å². The second kappa shape index (κ2) is 6.15. The zero-order valence-corrected chi connectivity index (χ0v) is 14.6. The molecule has 0 N–H and O–H groups in total. The van der Waals surface area contributed by atoms with Gasteiger partial charge >= 0.3 is 0 Å². The number of benzene rings is 2. The first-order valence-electron chi connectivity index (χ1n) is 8.55. The molecule has 5 rings (SSSR count). The van der Waals surface area contributed by atoms with Gasteiger partial charge in [-0.1, -0.05) is 29.3 Å². The van der Waals surface area contributed by atoms with Gasteiger partial charge in [0.1, 0.15) is 17.8 Å². The van der Waals surface area contributed by atoms with Crippen LogP contribution in [-0.4, -0.2) is 31.7 Å². The number of imidazole rings is 1. The van der Waals surface area contributed by atoms with Crippen LogP contribution in [0.4, 0.5) is 0 Å². The summed E-state index contributed by atoms with van der Waals surface area (Å²) < 4.78 is 9.30. The van der Waals surface area contributed by atoms with Gasteiger partial charge in [0.25, 0.3) is 0 Å². The molecule has 6 nitrogen and oxygen atoms in total. The summed E-state index contributed by atoms with van der Waals surface area (Å²) in [6.07, 6.45) is 4.23. The lowest BCUT2D eigenvalue weighted by Crippen LogP contribution is -2.03. The van der Waals surface area contributed by atoms with Crippen molar-refractivity contribution in [3.63, 3.8) is 0 Å². The Morgan fingerprint density at radius 1 is 1.04 bits per heavy atom. The highest BCUT2D eigenvalue weighted by Crippen LogP contribution is 2.30. The van der Waals surface area contributed by atoms with Gasteiger partial charge in [0, 0.05) is 18.1 Å². The SMILES string of the molecule is COc1ccc2c(c1)-n1nncc1Cc1c(C#Cc3ccccc3)ncn1-2. The fraction of sp³-hybridized carbons (Fsp3) is 0.0952. The summed E-state index contributed by atoms with van der Waals surface area (Å²) in [6, 6.07) is 15.8. The number of nitrogens with zero attached hydrogens (tertiary/aromatic N) is 5. The Morgan fingerprint density at radius 2 is 1.93 bits per heavy atom. The summed E-state index contributed by atoms with van der Waals surface area (Å²) >= 11 is 0. The Balaban J connectivity index is 1.68. The van der Waals surface area contributed by atoms with E-state index in [1.54, 1.807) is 13.3 Å². The van der Waals surface area contributed by atoms with E-state index in [0.29, 0.717) is 6.42 Å². The highest BCUT2D eigenvalue weighted by molar-refractivity contribution is 5.59. The van der Waals surface area contributed by atoms with Crippen LogP contribution in [0.2, 0.25) is 0 Å². The lowest BCUT2D eigenvalue weighted by molar-refractivity contribution is 0.414. The summed E-state index contributed by atoms with van der Waals surface area (Å²) in [4.78, 5) is 4.56. The molecule has 1 aliphatic rings. The van der Waals surface area contributed by atoms with Gasteiger partial charge in [-0.05, 0) is 30.2 Å². The molecule has 0 radical (unpaired) electrons. The van der Waals surface area contributed by atoms with E-state index in [-0.39, 0.29) is 0 Å². The van der Waals surface area contributed by atoms with Crippen LogP contribution in [0.3, 0.4) is 0 Å². The molecule has 3 heterocycles. The third-order valence-electron chi connectivity index (χ3n) is 4.60. The van der Waals surface area contributed by atoms with E-state index >= 15 is 0 Å². The summed E-state index contributed by atoms with van der Waals surface area (Å²) in [5.41, 5.74) is 5.59. The van der Waals surface area contributed by atoms with Crippen molar-refractivity contribution in [2.45, 2.75) is 6.42 Å². The van der Waals surface area contributed by atoms with E-state index in [1.165, 1.54) is 0 Å². The van der Waals surface area contributed by atoms with Gasteiger partial charge in [-0.2, -0.15) is 0 Å². The molecule has 2 aromatic carbocycles. The van der Waals surface area contributed by atoms with Crippen molar-refractivity contribution < 1.29 is 4.74 Å². The Morgan fingerprint density at radius 3 is 2.78 bits per heavy atom. The van der Waals surface area contributed by atoms with Crippen molar-refractivity contribution in [1.29, 1.82) is 0 Å². The molecule has 0 aliphatic carbocycles. The van der Waals surface area contributed by atoms with Crippen molar-refractivity contribution >= 4 is 0 Å². The predicted molar refractivity (Wildman–Crippen MR) is 100 cm³/mol. The number of hydrogen-bond donors (Lipinski definition) is 0. The van der Waals surface area contributed by atoms with Crippen LogP contribution in [0.5, 0.6) is 5.75 Å². The van der Waals surface area contributed by atoms with Crippen LogP contribution >= 0.6 is 0 Å². The molecule has 0 saturated heterocycles. The number of fused-ring (bicyclic) bond motifs is 5. The summed E-state index contributed by atoms with van der Waals surface area (Å²) in [5.74, 6) is 7.18. The van der Waals surface area contributed by atoms with Crippen LogP contribution in [0.15, 0.2) is 61.1 Å². The summed E-state index contributed by atoms with van der Waals surface area (Å²) in [5, 5.41) is 8.35. The van der Waals surface area contributed by atoms with Crippen molar-refractivity contribution in [3.05, 3.63) is 83.7 Å². The quantitative estimate of drug-likeness (QED) is 0.435. The standard InChI is InChI=1S/C21H15N5O/c1-27-17-8-10-19-21(12-17)26-16(13-23-24-26)11-20-18(22-14-25(19)20)9-7-15-5-3-2-4-6-15/h2-6,8,10,12-14H,11H2,1H3. The first-order valence-corrected chi connectivity index (χ1v) is 8.55. The molecule has 2 aromatic heterocycles. The molecule has 0 atom stereocenters. The lowest BCUT2D eigenvalue weighted by Gasteiger charge is -2.11. The average molecular weight is 353 g/mol. The zero-order chi connectivity index (χ0) is 18.2. The fourth-order valence-electron chi connectivity index (χ4n) is 3.26. The largest absolute Gasteiger partial charge is 0.497 e. The molecule has 0 saturated carbocycles. The minimum absolute atomic E-state index is 0.642. The highest BCUT2D eigenvalue weighted by Gasteiger charge is 2.23. The first kappa shape index (κ1) is 15.4. The van der Waals surface area contributed by atoms with Gasteiger partial charge in [-0.25, -0.2) is 9.67 Å². The number of rotatable bonds is 1. The van der Waals surface area contributed by atoms with Crippen molar-refractivity contribution in [3.8, 4) is 29.0 Å². The molecule has 130 valence electrons. The normalized spacial score (nSPS) is 11.4. The molecule has 4 aromatic rings. The van der Waals surface area contributed by atoms with Gasteiger partial charge in [-0.3, -0.25) is 4.57 Å². The number of methoxy groups -OCH3 is 1. The highest BCUT2D eigenvalue weighted by atomic mass is 16.5. The van der Waals surface area contributed by atoms with E-state index in [1.807, 2.05) is 59.5 Å². The molecule has 0 bridgehead atoms. The number of aromatic nitrogens is 5. The Bertz CT molecular complexity index is 1190. The molecule has 27 heavy (non-hydrogen) atoms. The zero-order valence-electron chi connectivity index (χ0n) is 14.6. The van der Waals surface area contributed by atoms with Crippen LogP contribution < -0.4 is 4.74 Å². The van der Waals surface area contributed by atoms with Crippen molar-refractivity contribution in [2.75, 3.05) is 7.11 Å². The van der Waals surface area contributed by atoms with E-state index in [9.17, 15) is 0 Å². The van der Waals surface area contributed by atoms with Gasteiger partial charge < -0.3 is 4.74 Å².